The van der Waals surface area contributed by atoms with Gasteiger partial charge in [-0.25, -0.2) is 13.8 Å². The van der Waals surface area contributed by atoms with Crippen LogP contribution >= 0.6 is 0 Å². The highest BCUT2D eigenvalue weighted by Crippen LogP contribution is 2.13. The van der Waals surface area contributed by atoms with Crippen LogP contribution in [0.2, 0.25) is 0 Å². The van der Waals surface area contributed by atoms with Crippen molar-refractivity contribution in [1.29, 1.82) is 0 Å². The summed E-state index contributed by atoms with van der Waals surface area (Å²) in [6.45, 7) is 3.88. The van der Waals surface area contributed by atoms with E-state index in [1.807, 2.05) is 6.92 Å². The van der Waals surface area contributed by atoms with Gasteiger partial charge in [0.25, 0.3) is 5.92 Å². The standard InChI is InChI=1S/C14H19F2N3O2/c1-3-21-13-10-11(5-7-19-13)17-8-9-18-12(20)4-6-14(2,15)16/h4-7,10H,3,8-9H2,1-2H3,(H,17,19)(H,18,20). The van der Waals surface area contributed by atoms with Gasteiger partial charge < -0.3 is 15.4 Å². The van der Waals surface area contributed by atoms with E-state index in [-0.39, 0.29) is 0 Å². The summed E-state index contributed by atoms with van der Waals surface area (Å²) in [7, 11) is 0. The average molecular weight is 299 g/mol. The molecule has 0 fully saturated rings. The molecule has 0 spiro atoms. The van der Waals surface area contributed by atoms with Gasteiger partial charge in [0.15, 0.2) is 0 Å². The van der Waals surface area contributed by atoms with Crippen molar-refractivity contribution in [3.8, 4) is 5.88 Å². The van der Waals surface area contributed by atoms with Crippen LogP contribution in [0.25, 0.3) is 0 Å². The van der Waals surface area contributed by atoms with Gasteiger partial charge in [0.05, 0.1) is 6.61 Å². The molecule has 1 heterocycles. The number of carbonyl (C=O) groups excluding carboxylic acids is 1. The number of hydrogen-bond acceptors (Lipinski definition) is 4. The van der Waals surface area contributed by atoms with E-state index >= 15 is 0 Å². The molecule has 0 aliphatic carbocycles. The minimum atomic E-state index is -2.98. The Hall–Kier alpha value is -2.18. The van der Waals surface area contributed by atoms with Crippen LogP contribution in [0.3, 0.4) is 0 Å². The minimum absolute atomic E-state index is 0.310. The number of halogens is 2. The molecular formula is C14H19F2N3O2. The van der Waals surface area contributed by atoms with Crippen LogP contribution < -0.4 is 15.4 Å². The van der Waals surface area contributed by atoms with E-state index in [1.54, 1.807) is 18.3 Å². The van der Waals surface area contributed by atoms with Crippen molar-refractivity contribution >= 4 is 11.6 Å². The molecule has 0 saturated carbocycles. The Bertz CT molecular complexity index is 487. The van der Waals surface area contributed by atoms with Crippen LogP contribution in [-0.2, 0) is 4.79 Å². The topological polar surface area (TPSA) is 63.2 Å². The predicted octanol–water partition coefficient (Wildman–Crippen LogP) is 2.22. The number of carbonyl (C=O) groups is 1. The Labute approximate surface area is 122 Å². The second-order valence-corrected chi connectivity index (χ2v) is 4.32. The summed E-state index contributed by atoms with van der Waals surface area (Å²) < 4.78 is 30.2. The molecule has 7 heteroatoms. The SMILES string of the molecule is CCOc1cc(NCCNC(=O)C=CC(C)(F)F)ccn1. The number of amides is 1. The summed E-state index contributed by atoms with van der Waals surface area (Å²) >= 11 is 0. The molecule has 5 nitrogen and oxygen atoms in total. The molecule has 0 saturated heterocycles. The maximum atomic E-state index is 12.5. The second kappa shape index (κ2) is 8.18. The monoisotopic (exact) mass is 299 g/mol. The van der Waals surface area contributed by atoms with Gasteiger partial charge in [0.2, 0.25) is 11.8 Å². The third-order valence-corrected chi connectivity index (χ3v) is 2.31. The van der Waals surface area contributed by atoms with E-state index < -0.39 is 11.8 Å². The molecule has 21 heavy (non-hydrogen) atoms. The van der Waals surface area contributed by atoms with Crippen LogP contribution in [0.5, 0.6) is 5.88 Å². The molecule has 1 rings (SSSR count). The van der Waals surface area contributed by atoms with Gasteiger partial charge in [-0.2, -0.15) is 0 Å². The van der Waals surface area contributed by atoms with Crippen LogP contribution in [0, 0.1) is 0 Å². The summed E-state index contributed by atoms with van der Waals surface area (Å²) in [6, 6.07) is 3.50. The number of allylic oxidation sites excluding steroid dienone is 1. The molecule has 0 aliphatic heterocycles. The smallest absolute Gasteiger partial charge is 0.264 e. The van der Waals surface area contributed by atoms with Crippen molar-refractivity contribution in [1.82, 2.24) is 10.3 Å². The summed E-state index contributed by atoms with van der Waals surface area (Å²) in [5.74, 6) is -3.02. The Morgan fingerprint density at radius 3 is 2.90 bits per heavy atom. The van der Waals surface area contributed by atoms with Crippen molar-refractivity contribution in [3.63, 3.8) is 0 Å². The van der Waals surface area contributed by atoms with E-state index in [9.17, 15) is 13.6 Å². The van der Waals surface area contributed by atoms with Gasteiger partial charge >= 0.3 is 0 Å². The molecule has 0 radical (unpaired) electrons. The average Bonchev–Trinajstić information content (AvgIpc) is 2.41. The number of hydrogen-bond donors (Lipinski definition) is 2. The summed E-state index contributed by atoms with van der Waals surface area (Å²) in [5, 5.41) is 5.56. The molecule has 0 atom stereocenters. The van der Waals surface area contributed by atoms with Crippen LogP contribution in [0.1, 0.15) is 13.8 Å². The summed E-state index contributed by atoms with van der Waals surface area (Å²) in [5.41, 5.74) is 0.804. The number of anilines is 1. The molecule has 1 amide bonds. The zero-order valence-electron chi connectivity index (χ0n) is 12.0. The lowest BCUT2D eigenvalue weighted by Gasteiger charge is -2.08. The molecule has 0 unspecified atom stereocenters. The third-order valence-electron chi connectivity index (χ3n) is 2.31. The van der Waals surface area contributed by atoms with Crippen LogP contribution in [-0.4, -0.2) is 36.5 Å². The van der Waals surface area contributed by atoms with Gasteiger partial charge in [-0.15, -0.1) is 0 Å². The zero-order chi connectivity index (χ0) is 15.7. The normalized spacial score (nSPS) is 11.4. The lowest BCUT2D eigenvalue weighted by molar-refractivity contribution is -0.116. The fourth-order valence-corrected chi connectivity index (χ4v) is 1.42. The Balaban J connectivity index is 2.29. The number of nitrogens with one attached hydrogen (secondary N) is 2. The molecule has 1 aromatic rings. The predicted molar refractivity (Wildman–Crippen MR) is 76.7 cm³/mol. The Morgan fingerprint density at radius 2 is 2.24 bits per heavy atom. The lowest BCUT2D eigenvalue weighted by atomic mass is 10.3. The fourth-order valence-electron chi connectivity index (χ4n) is 1.42. The number of pyridine rings is 1. The highest BCUT2D eigenvalue weighted by molar-refractivity contribution is 5.87. The van der Waals surface area contributed by atoms with Crippen molar-refractivity contribution in [2.24, 2.45) is 0 Å². The Morgan fingerprint density at radius 1 is 1.48 bits per heavy atom. The van der Waals surface area contributed by atoms with E-state index in [4.69, 9.17) is 4.74 Å². The maximum Gasteiger partial charge on any atom is 0.264 e. The van der Waals surface area contributed by atoms with Crippen molar-refractivity contribution < 1.29 is 18.3 Å². The molecule has 1 aromatic heterocycles. The van der Waals surface area contributed by atoms with E-state index in [2.05, 4.69) is 15.6 Å². The molecular weight excluding hydrogens is 280 g/mol. The molecule has 0 aliphatic rings. The number of ether oxygens (including phenoxy) is 1. The first kappa shape index (κ1) is 16.9. The molecule has 116 valence electrons. The van der Waals surface area contributed by atoms with Crippen molar-refractivity contribution in [3.05, 3.63) is 30.5 Å². The van der Waals surface area contributed by atoms with Crippen molar-refractivity contribution in [2.75, 3.05) is 25.0 Å². The Kier molecular flexibility index (Phi) is 6.58. The van der Waals surface area contributed by atoms with Gasteiger partial charge in [0.1, 0.15) is 0 Å². The van der Waals surface area contributed by atoms with Gasteiger partial charge in [-0.1, -0.05) is 0 Å². The number of aromatic nitrogens is 1. The molecule has 0 bridgehead atoms. The highest BCUT2D eigenvalue weighted by atomic mass is 19.3. The highest BCUT2D eigenvalue weighted by Gasteiger charge is 2.15. The summed E-state index contributed by atoms with van der Waals surface area (Å²) in [4.78, 5) is 15.3. The van der Waals surface area contributed by atoms with Gasteiger partial charge in [0, 0.05) is 44.0 Å². The number of nitrogens with zero attached hydrogens (tertiary/aromatic N) is 1. The first-order chi connectivity index (χ1) is 9.90. The van der Waals surface area contributed by atoms with Gasteiger partial charge in [-0.05, 0) is 19.1 Å². The van der Waals surface area contributed by atoms with Crippen molar-refractivity contribution in [2.45, 2.75) is 19.8 Å². The maximum absolute atomic E-state index is 12.5. The van der Waals surface area contributed by atoms with Gasteiger partial charge in [-0.3, -0.25) is 4.79 Å². The second-order valence-electron chi connectivity index (χ2n) is 4.32. The summed E-state index contributed by atoms with van der Waals surface area (Å²) in [6.07, 6.45) is 3.00. The van der Waals surface area contributed by atoms with Crippen LogP contribution in [0.4, 0.5) is 14.5 Å². The first-order valence-corrected chi connectivity index (χ1v) is 6.58. The van der Waals surface area contributed by atoms with E-state index in [0.717, 1.165) is 18.7 Å². The third kappa shape index (κ3) is 7.86. The van der Waals surface area contributed by atoms with E-state index in [0.29, 0.717) is 31.7 Å². The quantitative estimate of drug-likeness (QED) is 0.571. The molecule has 0 aromatic carbocycles. The molecule has 2 N–H and O–H groups in total. The van der Waals surface area contributed by atoms with Crippen LogP contribution in [0.15, 0.2) is 30.5 Å². The first-order valence-electron chi connectivity index (χ1n) is 6.58. The zero-order valence-corrected chi connectivity index (χ0v) is 12.0. The number of alkyl halides is 2. The largest absolute Gasteiger partial charge is 0.478 e. The number of rotatable bonds is 8. The fraction of sp³-hybridized carbons (Fsp3) is 0.429. The minimum Gasteiger partial charge on any atom is -0.478 e. The lowest BCUT2D eigenvalue weighted by Crippen LogP contribution is -2.27. The van der Waals surface area contributed by atoms with E-state index in [1.165, 1.54) is 0 Å².